The molecule has 3 heteroatoms. The summed E-state index contributed by atoms with van der Waals surface area (Å²) in [6, 6.07) is 0. The number of hydrogen-bond acceptors (Lipinski definition) is 3. The molecule has 0 bridgehead atoms. The number of ether oxygens (including phenoxy) is 3. The summed E-state index contributed by atoms with van der Waals surface area (Å²) in [5, 5.41) is 0. The SMILES string of the molecule is CCOCCOCC(C)OCC. The number of rotatable bonds is 8. The summed E-state index contributed by atoms with van der Waals surface area (Å²) in [5.41, 5.74) is 0. The lowest BCUT2D eigenvalue weighted by atomic mass is 10.4. The molecule has 0 aromatic rings. The van der Waals surface area contributed by atoms with Crippen molar-refractivity contribution in [2.45, 2.75) is 26.9 Å². The molecule has 1 unspecified atom stereocenters. The Morgan fingerprint density at radius 2 is 1.67 bits per heavy atom. The van der Waals surface area contributed by atoms with Crippen LogP contribution in [0.2, 0.25) is 0 Å². The first-order valence-electron chi connectivity index (χ1n) is 4.58. The van der Waals surface area contributed by atoms with Crippen LogP contribution < -0.4 is 0 Å². The summed E-state index contributed by atoms with van der Waals surface area (Å²) in [4.78, 5) is 0. The molecule has 0 amide bonds. The third kappa shape index (κ3) is 7.98. The lowest BCUT2D eigenvalue weighted by Gasteiger charge is -2.11. The third-order valence-corrected chi connectivity index (χ3v) is 1.38. The molecule has 0 aliphatic rings. The van der Waals surface area contributed by atoms with E-state index < -0.39 is 0 Å². The molecule has 12 heavy (non-hydrogen) atoms. The molecule has 0 saturated heterocycles. The normalized spacial score (nSPS) is 13.2. The first-order valence-corrected chi connectivity index (χ1v) is 4.58. The molecular weight excluding hydrogens is 156 g/mol. The van der Waals surface area contributed by atoms with Gasteiger partial charge in [-0.15, -0.1) is 0 Å². The van der Waals surface area contributed by atoms with Crippen LogP contribution in [0.5, 0.6) is 0 Å². The summed E-state index contributed by atoms with van der Waals surface area (Å²) < 4.78 is 15.7. The summed E-state index contributed by atoms with van der Waals surface area (Å²) in [7, 11) is 0. The fourth-order valence-corrected chi connectivity index (χ4v) is 0.844. The zero-order chi connectivity index (χ0) is 9.23. The maximum Gasteiger partial charge on any atom is 0.0780 e. The maximum absolute atomic E-state index is 5.30. The zero-order valence-corrected chi connectivity index (χ0v) is 8.34. The highest BCUT2D eigenvalue weighted by molar-refractivity contribution is 4.45. The molecule has 0 aliphatic heterocycles. The Balaban J connectivity index is 2.97. The van der Waals surface area contributed by atoms with Gasteiger partial charge >= 0.3 is 0 Å². The van der Waals surface area contributed by atoms with Crippen LogP contribution in [0.4, 0.5) is 0 Å². The van der Waals surface area contributed by atoms with E-state index >= 15 is 0 Å². The van der Waals surface area contributed by atoms with Crippen LogP contribution in [0.25, 0.3) is 0 Å². The predicted molar refractivity (Wildman–Crippen MR) is 48.4 cm³/mol. The average molecular weight is 176 g/mol. The fourth-order valence-electron chi connectivity index (χ4n) is 0.844. The second-order valence-corrected chi connectivity index (χ2v) is 2.54. The van der Waals surface area contributed by atoms with Crippen molar-refractivity contribution in [3.05, 3.63) is 0 Å². The van der Waals surface area contributed by atoms with E-state index in [4.69, 9.17) is 14.2 Å². The lowest BCUT2D eigenvalue weighted by Crippen LogP contribution is -2.17. The molecule has 0 aliphatic carbocycles. The highest BCUT2D eigenvalue weighted by Gasteiger charge is 1.99. The summed E-state index contributed by atoms with van der Waals surface area (Å²) in [6.07, 6.45) is 0.191. The van der Waals surface area contributed by atoms with Crippen molar-refractivity contribution < 1.29 is 14.2 Å². The van der Waals surface area contributed by atoms with E-state index in [2.05, 4.69) is 0 Å². The van der Waals surface area contributed by atoms with Crippen molar-refractivity contribution >= 4 is 0 Å². The maximum atomic E-state index is 5.30. The quantitative estimate of drug-likeness (QED) is 0.524. The van der Waals surface area contributed by atoms with Crippen LogP contribution in [-0.2, 0) is 14.2 Å². The van der Waals surface area contributed by atoms with Gasteiger partial charge in [0.15, 0.2) is 0 Å². The van der Waals surface area contributed by atoms with Crippen molar-refractivity contribution in [3.8, 4) is 0 Å². The highest BCUT2D eigenvalue weighted by atomic mass is 16.5. The topological polar surface area (TPSA) is 27.7 Å². The van der Waals surface area contributed by atoms with E-state index in [-0.39, 0.29) is 6.10 Å². The molecule has 0 heterocycles. The second kappa shape index (κ2) is 8.97. The fraction of sp³-hybridized carbons (Fsp3) is 1.00. The second-order valence-electron chi connectivity index (χ2n) is 2.54. The van der Waals surface area contributed by atoms with Crippen LogP contribution in [0.3, 0.4) is 0 Å². The van der Waals surface area contributed by atoms with Crippen molar-refractivity contribution in [2.75, 3.05) is 33.0 Å². The van der Waals surface area contributed by atoms with Crippen LogP contribution in [-0.4, -0.2) is 39.1 Å². The zero-order valence-electron chi connectivity index (χ0n) is 8.34. The molecular formula is C9H20O3. The van der Waals surface area contributed by atoms with Gasteiger partial charge in [0, 0.05) is 13.2 Å². The number of hydrogen-bond donors (Lipinski definition) is 0. The Labute approximate surface area is 75.0 Å². The summed E-state index contributed by atoms with van der Waals surface area (Å²) in [5.74, 6) is 0. The van der Waals surface area contributed by atoms with E-state index in [9.17, 15) is 0 Å². The Morgan fingerprint density at radius 3 is 2.25 bits per heavy atom. The van der Waals surface area contributed by atoms with Gasteiger partial charge in [0.25, 0.3) is 0 Å². The Bertz CT molecular complexity index is 85.8. The van der Waals surface area contributed by atoms with Crippen molar-refractivity contribution in [2.24, 2.45) is 0 Å². The van der Waals surface area contributed by atoms with Crippen LogP contribution in [0, 0.1) is 0 Å². The first kappa shape index (κ1) is 11.9. The van der Waals surface area contributed by atoms with E-state index in [1.807, 2.05) is 20.8 Å². The van der Waals surface area contributed by atoms with Gasteiger partial charge in [-0.25, -0.2) is 0 Å². The lowest BCUT2D eigenvalue weighted by molar-refractivity contribution is -0.0184. The third-order valence-electron chi connectivity index (χ3n) is 1.38. The van der Waals surface area contributed by atoms with Gasteiger partial charge in [-0.2, -0.15) is 0 Å². The van der Waals surface area contributed by atoms with Gasteiger partial charge in [0.1, 0.15) is 0 Å². The Hall–Kier alpha value is -0.120. The largest absolute Gasteiger partial charge is 0.379 e. The highest BCUT2D eigenvalue weighted by Crippen LogP contribution is 1.91. The molecule has 1 atom stereocenters. The Morgan fingerprint density at radius 1 is 1.00 bits per heavy atom. The van der Waals surface area contributed by atoms with Gasteiger partial charge in [0.05, 0.1) is 25.9 Å². The van der Waals surface area contributed by atoms with E-state index in [1.54, 1.807) is 0 Å². The van der Waals surface area contributed by atoms with Crippen LogP contribution in [0.15, 0.2) is 0 Å². The predicted octanol–water partition coefficient (Wildman–Crippen LogP) is 1.46. The van der Waals surface area contributed by atoms with Gasteiger partial charge in [0.2, 0.25) is 0 Å². The summed E-state index contributed by atoms with van der Waals surface area (Å²) in [6.45, 7) is 9.45. The van der Waals surface area contributed by atoms with E-state index in [0.717, 1.165) is 13.2 Å². The molecule has 0 spiro atoms. The van der Waals surface area contributed by atoms with Crippen molar-refractivity contribution in [1.29, 1.82) is 0 Å². The molecule has 0 rings (SSSR count). The van der Waals surface area contributed by atoms with Crippen molar-refractivity contribution in [1.82, 2.24) is 0 Å². The van der Waals surface area contributed by atoms with Gasteiger partial charge < -0.3 is 14.2 Å². The van der Waals surface area contributed by atoms with Crippen LogP contribution in [0.1, 0.15) is 20.8 Å². The first-order chi connectivity index (χ1) is 5.81. The molecule has 0 aromatic carbocycles. The molecule has 74 valence electrons. The molecule has 0 fully saturated rings. The minimum atomic E-state index is 0.191. The minimum absolute atomic E-state index is 0.191. The standard InChI is InChI=1S/C9H20O3/c1-4-10-6-7-11-8-9(3)12-5-2/h9H,4-8H2,1-3H3. The molecule has 0 aromatic heterocycles. The average Bonchev–Trinajstić information content (AvgIpc) is 2.05. The monoisotopic (exact) mass is 176 g/mol. The molecule has 3 nitrogen and oxygen atoms in total. The smallest absolute Gasteiger partial charge is 0.0780 e. The van der Waals surface area contributed by atoms with Gasteiger partial charge in [-0.3, -0.25) is 0 Å². The van der Waals surface area contributed by atoms with Gasteiger partial charge in [-0.05, 0) is 20.8 Å². The van der Waals surface area contributed by atoms with Gasteiger partial charge in [-0.1, -0.05) is 0 Å². The minimum Gasteiger partial charge on any atom is -0.379 e. The van der Waals surface area contributed by atoms with Crippen LogP contribution >= 0.6 is 0 Å². The Kier molecular flexibility index (Phi) is 8.88. The molecule has 0 radical (unpaired) electrons. The van der Waals surface area contributed by atoms with E-state index in [1.165, 1.54) is 0 Å². The molecule has 0 N–H and O–H groups in total. The van der Waals surface area contributed by atoms with Crippen molar-refractivity contribution in [3.63, 3.8) is 0 Å². The van der Waals surface area contributed by atoms with E-state index in [0.29, 0.717) is 19.8 Å². The summed E-state index contributed by atoms with van der Waals surface area (Å²) >= 11 is 0. The molecule has 0 saturated carbocycles.